The Kier molecular flexibility index (Phi) is 6.18. The minimum Gasteiger partial charge on any atom is -0.448 e. The van der Waals surface area contributed by atoms with E-state index >= 15 is 0 Å². The van der Waals surface area contributed by atoms with Crippen LogP contribution in [0.2, 0.25) is 0 Å². The Morgan fingerprint density at radius 1 is 0.825 bits per heavy atom. The first-order valence-corrected chi connectivity index (χ1v) is 13.0. The molecule has 2 heterocycles. The van der Waals surface area contributed by atoms with Crippen molar-refractivity contribution >= 4 is 6.09 Å². The molecule has 2 fully saturated rings. The average molecular weight is 562 g/mol. The highest BCUT2D eigenvalue weighted by molar-refractivity contribution is 5.79. The van der Waals surface area contributed by atoms with Gasteiger partial charge in [0.15, 0.2) is 0 Å². The molecule has 2 aliphatic heterocycles. The van der Waals surface area contributed by atoms with E-state index in [0.717, 1.165) is 22.3 Å². The lowest BCUT2D eigenvalue weighted by Gasteiger charge is -2.43. The lowest BCUT2D eigenvalue weighted by molar-refractivity contribution is -0.143. The number of carbonyl (C=O) groups is 1. The number of ether oxygens (including phenoxy) is 1. The molecule has 0 aromatic heterocycles. The summed E-state index contributed by atoms with van der Waals surface area (Å²) in [5.74, 6) is -0.165. The van der Waals surface area contributed by atoms with E-state index in [1.165, 1.54) is 4.90 Å². The van der Waals surface area contributed by atoms with Crippen LogP contribution in [0.5, 0.6) is 0 Å². The molecule has 0 spiro atoms. The number of piperidine rings is 1. The first-order valence-electron chi connectivity index (χ1n) is 13.0. The molecule has 1 amide bonds. The second-order valence-electron chi connectivity index (χ2n) is 10.8. The quantitative estimate of drug-likeness (QED) is 0.337. The Balaban J connectivity index is 1.22. The zero-order valence-electron chi connectivity index (χ0n) is 21.1. The fraction of sp³-hybridized carbons (Fsp3) is 0.367. The number of hydrogen-bond acceptors (Lipinski definition) is 3. The van der Waals surface area contributed by atoms with Crippen LogP contribution in [0, 0.1) is 0 Å². The van der Waals surface area contributed by atoms with E-state index in [0.29, 0.717) is 25.0 Å². The first kappa shape index (κ1) is 26.7. The van der Waals surface area contributed by atoms with Crippen LogP contribution in [-0.4, -0.2) is 34.8 Å². The molecule has 4 nitrogen and oxygen atoms in total. The molecule has 2 bridgehead atoms. The van der Waals surface area contributed by atoms with Crippen LogP contribution >= 0.6 is 0 Å². The van der Waals surface area contributed by atoms with Crippen molar-refractivity contribution in [3.63, 3.8) is 0 Å². The summed E-state index contributed by atoms with van der Waals surface area (Å²) in [5, 5.41) is 11.4. The Morgan fingerprint density at radius 2 is 1.30 bits per heavy atom. The molecule has 0 radical (unpaired) electrons. The fourth-order valence-electron chi connectivity index (χ4n) is 6.65. The van der Waals surface area contributed by atoms with Crippen molar-refractivity contribution in [2.24, 2.45) is 0 Å². The summed E-state index contributed by atoms with van der Waals surface area (Å²) in [6.07, 6.45) is -10.1. The molecule has 40 heavy (non-hydrogen) atoms. The summed E-state index contributed by atoms with van der Waals surface area (Å²) in [7, 11) is 0. The third-order valence-corrected chi connectivity index (χ3v) is 8.44. The van der Waals surface area contributed by atoms with E-state index in [9.17, 15) is 36.2 Å². The molecule has 2 unspecified atom stereocenters. The number of fused-ring (bicyclic) bond motifs is 5. The molecule has 210 valence electrons. The number of benzene rings is 3. The Morgan fingerprint density at radius 3 is 1.77 bits per heavy atom. The van der Waals surface area contributed by atoms with E-state index in [1.54, 1.807) is 0 Å². The van der Waals surface area contributed by atoms with Gasteiger partial charge in [-0.3, -0.25) is 0 Å². The van der Waals surface area contributed by atoms with Crippen molar-refractivity contribution in [3.05, 3.63) is 94.5 Å². The van der Waals surface area contributed by atoms with E-state index < -0.39 is 52.8 Å². The number of alkyl halides is 6. The maximum Gasteiger partial charge on any atom is 0.416 e. The maximum atomic E-state index is 13.4. The molecule has 10 heteroatoms. The highest BCUT2D eigenvalue weighted by Gasteiger charge is 2.52. The Labute approximate surface area is 226 Å². The molecule has 3 aromatic rings. The van der Waals surface area contributed by atoms with Crippen LogP contribution in [0.3, 0.4) is 0 Å². The Bertz CT molecular complexity index is 1370. The second kappa shape index (κ2) is 9.26. The monoisotopic (exact) mass is 561 g/mol. The van der Waals surface area contributed by atoms with E-state index in [-0.39, 0.29) is 31.4 Å². The number of hydrogen-bond donors (Lipinski definition) is 1. The van der Waals surface area contributed by atoms with Crippen LogP contribution in [0.15, 0.2) is 66.7 Å². The summed E-state index contributed by atoms with van der Waals surface area (Å²) < 4.78 is 86.4. The van der Waals surface area contributed by atoms with Crippen molar-refractivity contribution in [3.8, 4) is 11.1 Å². The smallest absolute Gasteiger partial charge is 0.416 e. The molecule has 6 rings (SSSR count). The van der Waals surface area contributed by atoms with Crippen LogP contribution in [0.4, 0.5) is 31.1 Å². The number of carbonyl (C=O) groups excluding carboxylic acids is 1. The van der Waals surface area contributed by atoms with Crippen molar-refractivity contribution < 1.29 is 41.0 Å². The minimum absolute atomic E-state index is 0.0489. The molecule has 2 atom stereocenters. The van der Waals surface area contributed by atoms with Gasteiger partial charge in [-0.2, -0.15) is 26.3 Å². The summed E-state index contributed by atoms with van der Waals surface area (Å²) in [6.45, 7) is 0.0790. The summed E-state index contributed by atoms with van der Waals surface area (Å²) in [4.78, 5) is 14.8. The van der Waals surface area contributed by atoms with Gasteiger partial charge in [-0.25, -0.2) is 4.79 Å². The van der Waals surface area contributed by atoms with E-state index in [4.69, 9.17) is 4.74 Å². The van der Waals surface area contributed by atoms with E-state index in [2.05, 4.69) is 0 Å². The molecular formula is C30H25F6NO3. The highest BCUT2D eigenvalue weighted by atomic mass is 19.4. The number of nitrogens with zero attached hydrogens (tertiary/aromatic N) is 1. The Hall–Kier alpha value is -3.53. The predicted molar refractivity (Wildman–Crippen MR) is 133 cm³/mol. The molecular weight excluding hydrogens is 536 g/mol. The number of rotatable bonds is 3. The highest BCUT2D eigenvalue weighted by Crippen LogP contribution is 2.49. The summed E-state index contributed by atoms with van der Waals surface area (Å²) >= 11 is 0. The van der Waals surface area contributed by atoms with Gasteiger partial charge < -0.3 is 14.7 Å². The topological polar surface area (TPSA) is 49.8 Å². The minimum atomic E-state index is -5.02. The lowest BCUT2D eigenvalue weighted by atomic mass is 9.79. The fourth-order valence-corrected chi connectivity index (χ4v) is 6.65. The zero-order chi connectivity index (χ0) is 28.4. The lowest BCUT2D eigenvalue weighted by Crippen LogP contribution is -2.52. The van der Waals surface area contributed by atoms with E-state index in [1.807, 2.05) is 48.5 Å². The van der Waals surface area contributed by atoms with Crippen molar-refractivity contribution in [1.82, 2.24) is 4.90 Å². The molecule has 3 aromatic carbocycles. The van der Waals surface area contributed by atoms with Crippen LogP contribution in [0.25, 0.3) is 11.1 Å². The molecule has 1 aliphatic carbocycles. The van der Waals surface area contributed by atoms with Gasteiger partial charge >= 0.3 is 18.4 Å². The van der Waals surface area contributed by atoms with Gasteiger partial charge in [0.05, 0.1) is 16.7 Å². The first-order chi connectivity index (χ1) is 18.8. The maximum absolute atomic E-state index is 13.4. The summed E-state index contributed by atoms with van der Waals surface area (Å²) in [5.41, 5.74) is -1.13. The van der Waals surface area contributed by atoms with Crippen LogP contribution in [0.1, 0.15) is 59.4 Å². The molecule has 3 aliphatic rings. The van der Waals surface area contributed by atoms with Gasteiger partial charge in [0.25, 0.3) is 0 Å². The number of amides is 1. The van der Waals surface area contributed by atoms with Gasteiger partial charge in [-0.05, 0) is 58.9 Å². The van der Waals surface area contributed by atoms with Crippen LogP contribution in [-0.2, 0) is 22.7 Å². The van der Waals surface area contributed by atoms with Gasteiger partial charge in [0, 0.05) is 30.8 Å². The third kappa shape index (κ3) is 4.52. The number of halogens is 6. The second-order valence-corrected chi connectivity index (χ2v) is 10.8. The SMILES string of the molecule is O=C(OCC1c2ccccc2-c2ccccc21)N1C2CCC1CC(O)(c1cc(C(F)(F)F)cc(C(F)(F)F)c1)C2. The van der Waals surface area contributed by atoms with Crippen molar-refractivity contribution in [2.45, 2.75) is 61.6 Å². The number of aliphatic hydroxyl groups is 1. The van der Waals surface area contributed by atoms with Crippen molar-refractivity contribution in [1.29, 1.82) is 0 Å². The van der Waals surface area contributed by atoms with Gasteiger partial charge in [-0.15, -0.1) is 0 Å². The van der Waals surface area contributed by atoms with Crippen molar-refractivity contribution in [2.75, 3.05) is 6.61 Å². The molecule has 1 N–H and O–H groups in total. The van der Waals surface area contributed by atoms with Crippen LogP contribution < -0.4 is 0 Å². The van der Waals surface area contributed by atoms with Gasteiger partial charge in [0.1, 0.15) is 6.61 Å². The average Bonchev–Trinajstić information content (AvgIpc) is 3.38. The molecule has 0 saturated carbocycles. The zero-order valence-corrected chi connectivity index (χ0v) is 21.1. The standard InChI is InChI=1S/C30H25F6NO3/c31-29(32,33)18-11-17(12-19(13-18)30(34,35)36)28(39)14-20-9-10-21(15-28)37(20)27(38)40-16-26-24-7-3-1-5-22(24)23-6-2-4-8-25(23)26/h1-8,11-13,20-21,26,39H,9-10,14-16H2. The van der Waals surface area contributed by atoms with Gasteiger partial charge in [0.2, 0.25) is 0 Å². The normalized spacial score (nSPS) is 24.1. The largest absolute Gasteiger partial charge is 0.448 e. The summed E-state index contributed by atoms with van der Waals surface area (Å²) in [6, 6.07) is 15.8. The molecule has 2 saturated heterocycles. The third-order valence-electron chi connectivity index (χ3n) is 8.44. The predicted octanol–water partition coefficient (Wildman–Crippen LogP) is 7.49. The van der Waals surface area contributed by atoms with Gasteiger partial charge in [-0.1, -0.05) is 48.5 Å².